The maximum atomic E-state index is 12.0. The Morgan fingerprint density at radius 2 is 1.95 bits per heavy atom. The summed E-state index contributed by atoms with van der Waals surface area (Å²) in [6.07, 6.45) is 1.84. The highest BCUT2D eigenvalue weighted by Crippen LogP contribution is 2.16. The molecule has 4 heteroatoms. The van der Waals surface area contributed by atoms with Gasteiger partial charge in [0.25, 0.3) is 0 Å². The molecule has 1 heterocycles. The Kier molecular flexibility index (Phi) is 4.50. The number of benzene rings is 1. The molecule has 0 atom stereocenters. The number of hydrogen-bond acceptors (Lipinski definition) is 4. The fourth-order valence-corrected chi connectivity index (χ4v) is 1.66. The number of hydrogen-bond donors (Lipinski definition) is 0. The van der Waals surface area contributed by atoms with Gasteiger partial charge in [0.2, 0.25) is 0 Å². The van der Waals surface area contributed by atoms with Crippen molar-refractivity contribution < 1.29 is 14.3 Å². The van der Waals surface area contributed by atoms with Gasteiger partial charge in [-0.25, -0.2) is 4.98 Å². The molecule has 19 heavy (non-hydrogen) atoms. The molecular formula is C15H15NO3. The van der Waals surface area contributed by atoms with Gasteiger partial charge in [-0.1, -0.05) is 18.2 Å². The van der Waals surface area contributed by atoms with Gasteiger partial charge in [-0.3, -0.25) is 4.79 Å². The molecule has 0 N–H and O–H groups in total. The van der Waals surface area contributed by atoms with Gasteiger partial charge in [0.05, 0.1) is 13.7 Å². The lowest BCUT2D eigenvalue weighted by Crippen LogP contribution is -2.09. The predicted molar refractivity (Wildman–Crippen MR) is 71.7 cm³/mol. The largest absolute Gasteiger partial charge is 0.494 e. The van der Waals surface area contributed by atoms with Crippen LogP contribution >= 0.6 is 0 Å². The molecule has 0 unspecified atom stereocenters. The van der Waals surface area contributed by atoms with E-state index in [1.165, 1.54) is 7.11 Å². The molecule has 0 saturated heterocycles. The molecule has 0 aliphatic carbocycles. The fraction of sp³-hybridized carbons (Fsp3) is 0.200. The average Bonchev–Trinajstić information content (AvgIpc) is 2.48. The number of ketones is 1. The fourth-order valence-electron chi connectivity index (χ4n) is 1.66. The molecule has 1 aromatic heterocycles. The monoisotopic (exact) mass is 257 g/mol. The number of rotatable bonds is 6. The topological polar surface area (TPSA) is 48.4 Å². The van der Waals surface area contributed by atoms with Crippen molar-refractivity contribution in [3.05, 3.63) is 54.4 Å². The van der Waals surface area contributed by atoms with E-state index in [0.717, 1.165) is 5.75 Å². The summed E-state index contributed by atoms with van der Waals surface area (Å²) in [4.78, 5) is 16.0. The summed E-state index contributed by atoms with van der Waals surface area (Å²) in [6.45, 7) is 0.322. The van der Waals surface area contributed by atoms with Crippen LogP contribution in [0.15, 0.2) is 48.7 Å². The molecular weight excluding hydrogens is 242 g/mol. The number of Topliss-reactive ketones (excluding diaryl/α,β-unsaturated/α-hetero) is 1. The molecule has 0 fully saturated rings. The third-order valence-electron chi connectivity index (χ3n) is 2.60. The second-order valence-electron chi connectivity index (χ2n) is 3.89. The molecule has 98 valence electrons. The van der Waals surface area contributed by atoms with Crippen molar-refractivity contribution in [1.29, 1.82) is 0 Å². The van der Waals surface area contributed by atoms with Crippen LogP contribution in [-0.4, -0.2) is 24.5 Å². The van der Waals surface area contributed by atoms with E-state index in [9.17, 15) is 4.79 Å². The van der Waals surface area contributed by atoms with Crippen molar-refractivity contribution in [2.75, 3.05) is 13.7 Å². The van der Waals surface area contributed by atoms with Gasteiger partial charge in [-0.15, -0.1) is 0 Å². The quantitative estimate of drug-likeness (QED) is 0.746. The number of para-hydroxylation sites is 1. The first-order valence-corrected chi connectivity index (χ1v) is 6.01. The molecule has 0 saturated carbocycles. The number of carbonyl (C=O) groups is 1. The summed E-state index contributed by atoms with van der Waals surface area (Å²) < 4.78 is 10.6. The molecule has 1 aromatic carbocycles. The van der Waals surface area contributed by atoms with Crippen LogP contribution < -0.4 is 9.47 Å². The lowest BCUT2D eigenvalue weighted by Gasteiger charge is -2.07. The van der Waals surface area contributed by atoms with Gasteiger partial charge in [0.1, 0.15) is 17.2 Å². The zero-order valence-electron chi connectivity index (χ0n) is 10.7. The summed E-state index contributed by atoms with van der Waals surface area (Å²) in [5.74, 6) is 1.16. The Morgan fingerprint density at radius 1 is 1.16 bits per heavy atom. The van der Waals surface area contributed by atoms with Crippen LogP contribution in [0.25, 0.3) is 0 Å². The molecule has 2 rings (SSSR count). The van der Waals surface area contributed by atoms with Crippen molar-refractivity contribution in [2.45, 2.75) is 6.42 Å². The van der Waals surface area contributed by atoms with E-state index in [-0.39, 0.29) is 12.2 Å². The normalized spacial score (nSPS) is 9.95. The van der Waals surface area contributed by atoms with Gasteiger partial charge >= 0.3 is 0 Å². The Balaban J connectivity index is 1.91. The van der Waals surface area contributed by atoms with Gasteiger partial charge < -0.3 is 9.47 Å². The highest BCUT2D eigenvalue weighted by Gasteiger charge is 2.13. The van der Waals surface area contributed by atoms with Crippen molar-refractivity contribution in [3.8, 4) is 11.5 Å². The Labute approximate surface area is 112 Å². The summed E-state index contributed by atoms with van der Waals surface area (Å²) in [7, 11) is 1.52. The smallest absolute Gasteiger partial charge is 0.188 e. The molecule has 0 radical (unpaired) electrons. The number of nitrogens with zero attached hydrogens (tertiary/aromatic N) is 1. The number of pyridine rings is 1. The Bertz CT molecular complexity index is 540. The van der Waals surface area contributed by atoms with E-state index >= 15 is 0 Å². The molecule has 4 nitrogen and oxygen atoms in total. The van der Waals surface area contributed by atoms with Crippen LogP contribution in [0, 0.1) is 0 Å². The molecule has 0 amide bonds. The van der Waals surface area contributed by atoms with Crippen LogP contribution in [-0.2, 0) is 0 Å². The lowest BCUT2D eigenvalue weighted by molar-refractivity contribution is 0.0954. The first-order chi connectivity index (χ1) is 9.31. The van der Waals surface area contributed by atoms with E-state index < -0.39 is 0 Å². The first-order valence-electron chi connectivity index (χ1n) is 6.01. The third kappa shape index (κ3) is 3.55. The zero-order chi connectivity index (χ0) is 13.5. The number of methoxy groups -OCH3 is 1. The van der Waals surface area contributed by atoms with Crippen LogP contribution in [0.4, 0.5) is 0 Å². The van der Waals surface area contributed by atoms with Crippen molar-refractivity contribution in [3.63, 3.8) is 0 Å². The molecule has 0 aliphatic rings. The average molecular weight is 257 g/mol. The van der Waals surface area contributed by atoms with Crippen molar-refractivity contribution in [1.82, 2.24) is 4.98 Å². The molecule has 0 aliphatic heterocycles. The maximum Gasteiger partial charge on any atom is 0.188 e. The number of ether oxygens (including phenoxy) is 2. The standard InChI is InChI=1S/C15H15NO3/c1-18-14-8-5-10-16-15(14)13(17)9-11-19-12-6-3-2-4-7-12/h2-8,10H,9,11H2,1H3. The maximum absolute atomic E-state index is 12.0. The van der Waals surface area contributed by atoms with E-state index in [1.54, 1.807) is 18.3 Å². The SMILES string of the molecule is COc1cccnc1C(=O)CCOc1ccccc1. The highest BCUT2D eigenvalue weighted by molar-refractivity contribution is 5.96. The summed E-state index contributed by atoms with van der Waals surface area (Å²) in [5.41, 5.74) is 0.349. The molecule has 0 spiro atoms. The van der Waals surface area contributed by atoms with E-state index in [2.05, 4.69) is 4.98 Å². The highest BCUT2D eigenvalue weighted by atomic mass is 16.5. The van der Waals surface area contributed by atoms with Crippen molar-refractivity contribution in [2.24, 2.45) is 0 Å². The van der Waals surface area contributed by atoms with Gasteiger partial charge in [0, 0.05) is 12.6 Å². The first kappa shape index (κ1) is 13.1. The van der Waals surface area contributed by atoms with Crippen LogP contribution in [0.5, 0.6) is 11.5 Å². The molecule has 0 bridgehead atoms. The second kappa shape index (κ2) is 6.54. The molecule has 2 aromatic rings. The number of aromatic nitrogens is 1. The van der Waals surface area contributed by atoms with Crippen LogP contribution in [0.1, 0.15) is 16.9 Å². The Morgan fingerprint density at radius 3 is 2.68 bits per heavy atom. The summed E-state index contributed by atoms with van der Waals surface area (Å²) in [5, 5.41) is 0. The van der Waals surface area contributed by atoms with Crippen LogP contribution in [0.3, 0.4) is 0 Å². The van der Waals surface area contributed by atoms with E-state index in [0.29, 0.717) is 18.1 Å². The summed E-state index contributed by atoms with van der Waals surface area (Å²) >= 11 is 0. The second-order valence-corrected chi connectivity index (χ2v) is 3.89. The van der Waals surface area contributed by atoms with E-state index in [1.807, 2.05) is 30.3 Å². The summed E-state index contributed by atoms with van der Waals surface area (Å²) in [6, 6.07) is 12.8. The lowest BCUT2D eigenvalue weighted by atomic mass is 10.2. The predicted octanol–water partition coefficient (Wildman–Crippen LogP) is 2.74. The minimum Gasteiger partial charge on any atom is -0.494 e. The number of carbonyl (C=O) groups excluding carboxylic acids is 1. The minimum atomic E-state index is -0.0895. The van der Waals surface area contributed by atoms with Crippen molar-refractivity contribution >= 4 is 5.78 Å². The minimum absolute atomic E-state index is 0.0895. The third-order valence-corrected chi connectivity index (χ3v) is 2.60. The van der Waals surface area contributed by atoms with Gasteiger partial charge in [-0.05, 0) is 24.3 Å². The van der Waals surface area contributed by atoms with E-state index in [4.69, 9.17) is 9.47 Å². The van der Waals surface area contributed by atoms with Crippen LogP contribution in [0.2, 0.25) is 0 Å². The van der Waals surface area contributed by atoms with Gasteiger partial charge in [0.15, 0.2) is 5.78 Å². The van der Waals surface area contributed by atoms with Gasteiger partial charge in [-0.2, -0.15) is 0 Å². The zero-order valence-corrected chi connectivity index (χ0v) is 10.7. The Hall–Kier alpha value is -2.36.